The monoisotopic (exact) mass is 457 g/mol. The van der Waals surface area contributed by atoms with Crippen molar-refractivity contribution in [2.24, 2.45) is 12.5 Å². The molecule has 1 N–H and O–H groups in total. The first-order valence-electron chi connectivity index (χ1n) is 10.8. The van der Waals surface area contributed by atoms with Crippen LogP contribution in [0.4, 0.5) is 9.18 Å². The molecule has 0 unspecified atom stereocenters. The van der Waals surface area contributed by atoms with Gasteiger partial charge in [-0.2, -0.15) is 0 Å². The van der Waals surface area contributed by atoms with Crippen LogP contribution < -0.4 is 0 Å². The zero-order valence-corrected chi connectivity index (χ0v) is 19.1. The van der Waals surface area contributed by atoms with E-state index in [1.165, 1.54) is 9.58 Å². The van der Waals surface area contributed by atoms with Gasteiger partial charge >= 0.3 is 12.1 Å². The zero-order valence-electron chi connectivity index (χ0n) is 19.1. The molecule has 0 aliphatic heterocycles. The second-order valence-corrected chi connectivity index (χ2v) is 8.31. The Morgan fingerprint density at radius 2 is 2.09 bits per heavy atom. The number of alkyl halides is 1. The number of pyridine rings is 1. The van der Waals surface area contributed by atoms with Gasteiger partial charge in [-0.3, -0.25) is 14.2 Å². The Hall–Kier alpha value is -3.48. The molecule has 176 valence electrons. The molecule has 2 aromatic rings. The fraction of sp³-hybridized carbons (Fsp3) is 0.522. The minimum Gasteiger partial charge on any atom is -0.481 e. The molecular weight excluding hydrogens is 429 g/mol. The minimum absolute atomic E-state index is 0.0366. The highest BCUT2D eigenvalue weighted by Gasteiger charge is 2.43. The molecule has 0 atom stereocenters. The summed E-state index contributed by atoms with van der Waals surface area (Å²) >= 11 is 0. The van der Waals surface area contributed by atoms with E-state index in [9.17, 15) is 14.0 Å². The number of nitrogens with zero attached hydrogens (tertiary/aromatic N) is 5. The van der Waals surface area contributed by atoms with Crippen LogP contribution in [0.3, 0.4) is 0 Å². The minimum atomic E-state index is -0.839. The smallest absolute Gasteiger partial charge is 0.409 e. The summed E-state index contributed by atoms with van der Waals surface area (Å²) in [6.45, 7) is 1.79. The van der Waals surface area contributed by atoms with Gasteiger partial charge in [-0.15, -0.1) is 5.10 Å². The van der Waals surface area contributed by atoms with Crippen LogP contribution in [0.1, 0.15) is 49.1 Å². The van der Waals surface area contributed by atoms with Crippen molar-refractivity contribution in [1.29, 1.82) is 0 Å². The van der Waals surface area contributed by atoms with Gasteiger partial charge in [0.15, 0.2) is 0 Å². The number of halogens is 1. The van der Waals surface area contributed by atoms with Crippen LogP contribution in [-0.4, -0.2) is 62.3 Å². The van der Waals surface area contributed by atoms with Crippen LogP contribution >= 0.6 is 0 Å². The van der Waals surface area contributed by atoms with Crippen LogP contribution in [0.15, 0.2) is 12.1 Å². The summed E-state index contributed by atoms with van der Waals surface area (Å²) in [4.78, 5) is 29.2. The first kappa shape index (κ1) is 24.2. The molecule has 0 spiro atoms. The van der Waals surface area contributed by atoms with E-state index < -0.39 is 24.2 Å². The molecule has 3 rings (SSSR count). The van der Waals surface area contributed by atoms with Crippen molar-refractivity contribution >= 4 is 12.1 Å². The van der Waals surface area contributed by atoms with Crippen molar-refractivity contribution in [2.45, 2.75) is 45.6 Å². The van der Waals surface area contributed by atoms with E-state index in [-0.39, 0.29) is 13.0 Å². The summed E-state index contributed by atoms with van der Waals surface area (Å²) in [6, 6.07) is 3.59. The number of carboxylic acids is 1. The van der Waals surface area contributed by atoms with Crippen LogP contribution in [-0.2, 0) is 23.2 Å². The highest BCUT2D eigenvalue weighted by molar-refractivity contribution is 5.69. The standard InChI is InChI=1S/C23H28FN5O4/c1-16-17(8-9-23(10-11-23)14-20(30)31)6-7-18(25-16)21-19(29(3)27-26-21)15-33-22(32)28(2)13-5-4-12-24/h6-7H,4-5,10-15H2,1-3H3,(H,30,31). The Bertz CT molecular complexity index is 1080. The predicted molar refractivity (Wildman–Crippen MR) is 118 cm³/mol. The van der Waals surface area contributed by atoms with E-state index in [0.29, 0.717) is 42.2 Å². The second-order valence-electron chi connectivity index (χ2n) is 8.31. The molecule has 9 nitrogen and oxygen atoms in total. The lowest BCUT2D eigenvalue weighted by atomic mass is 10.0. The quantitative estimate of drug-likeness (QED) is 0.455. The van der Waals surface area contributed by atoms with E-state index in [4.69, 9.17) is 9.84 Å². The van der Waals surface area contributed by atoms with Gasteiger partial charge in [-0.25, -0.2) is 9.48 Å². The van der Waals surface area contributed by atoms with Crippen molar-refractivity contribution in [1.82, 2.24) is 24.9 Å². The van der Waals surface area contributed by atoms with Crippen LogP contribution in [0, 0.1) is 24.2 Å². The average molecular weight is 458 g/mol. The Kier molecular flexibility index (Phi) is 7.63. The van der Waals surface area contributed by atoms with Crippen molar-refractivity contribution < 1.29 is 23.8 Å². The molecule has 1 aliphatic rings. The number of carboxylic acid groups (broad SMARTS) is 1. The molecule has 1 amide bonds. The fourth-order valence-corrected chi connectivity index (χ4v) is 3.32. The number of aromatic nitrogens is 4. The first-order valence-corrected chi connectivity index (χ1v) is 10.8. The van der Waals surface area contributed by atoms with Gasteiger partial charge in [0.25, 0.3) is 0 Å². The summed E-state index contributed by atoms with van der Waals surface area (Å²) in [7, 11) is 3.31. The number of aliphatic carboxylic acids is 1. The third-order valence-corrected chi connectivity index (χ3v) is 5.60. The Balaban J connectivity index is 1.70. The average Bonchev–Trinajstić information content (AvgIpc) is 3.43. The molecule has 2 heterocycles. The number of aryl methyl sites for hydroxylation is 2. The summed E-state index contributed by atoms with van der Waals surface area (Å²) in [5, 5.41) is 17.2. The second kappa shape index (κ2) is 10.4. The van der Waals surface area contributed by atoms with Gasteiger partial charge in [0.1, 0.15) is 18.0 Å². The lowest BCUT2D eigenvalue weighted by Gasteiger charge is -2.16. The number of carbonyl (C=O) groups is 2. The van der Waals surface area contributed by atoms with Gasteiger partial charge in [0, 0.05) is 31.6 Å². The number of amides is 1. The Labute approximate surface area is 191 Å². The molecule has 1 aliphatic carbocycles. The van der Waals surface area contributed by atoms with Gasteiger partial charge in [-0.05, 0) is 44.7 Å². The molecule has 0 bridgehead atoms. The van der Waals surface area contributed by atoms with Crippen molar-refractivity contribution in [3.05, 3.63) is 29.1 Å². The largest absolute Gasteiger partial charge is 0.481 e. The number of ether oxygens (including phenoxy) is 1. The number of unbranched alkanes of at least 4 members (excludes halogenated alkanes) is 1. The summed E-state index contributed by atoms with van der Waals surface area (Å²) in [6.07, 6.45) is 2.10. The van der Waals surface area contributed by atoms with Crippen LogP contribution in [0.25, 0.3) is 11.4 Å². The SMILES string of the molecule is Cc1nc(-c2nnn(C)c2COC(=O)N(C)CCCCF)ccc1C#CC1(CC(=O)O)CC1. The maximum Gasteiger partial charge on any atom is 0.409 e. The zero-order chi connectivity index (χ0) is 24.0. The third kappa shape index (κ3) is 6.28. The van der Waals surface area contributed by atoms with E-state index in [1.807, 2.05) is 13.0 Å². The molecule has 0 radical (unpaired) electrons. The van der Waals surface area contributed by atoms with E-state index in [0.717, 1.165) is 18.4 Å². The molecule has 0 aromatic carbocycles. The Morgan fingerprint density at radius 3 is 2.73 bits per heavy atom. The van der Waals surface area contributed by atoms with E-state index in [1.54, 1.807) is 20.2 Å². The van der Waals surface area contributed by atoms with E-state index >= 15 is 0 Å². The number of hydrogen-bond acceptors (Lipinski definition) is 6. The van der Waals surface area contributed by atoms with Crippen LogP contribution in [0.5, 0.6) is 0 Å². The first-order chi connectivity index (χ1) is 15.7. The molecule has 1 fully saturated rings. The molecule has 2 aromatic heterocycles. The van der Waals surface area contributed by atoms with Gasteiger partial charge in [-0.1, -0.05) is 17.1 Å². The maximum atomic E-state index is 12.2. The third-order valence-electron chi connectivity index (χ3n) is 5.60. The maximum absolute atomic E-state index is 12.2. The van der Waals surface area contributed by atoms with Crippen molar-refractivity contribution in [3.63, 3.8) is 0 Å². The van der Waals surface area contributed by atoms with Crippen LogP contribution in [0.2, 0.25) is 0 Å². The Morgan fingerprint density at radius 1 is 1.33 bits per heavy atom. The highest BCUT2D eigenvalue weighted by Crippen LogP contribution is 2.48. The lowest BCUT2D eigenvalue weighted by molar-refractivity contribution is -0.137. The topological polar surface area (TPSA) is 110 Å². The fourth-order valence-electron chi connectivity index (χ4n) is 3.32. The summed E-state index contributed by atoms with van der Waals surface area (Å²) in [5.74, 6) is 5.35. The van der Waals surface area contributed by atoms with Crippen molar-refractivity contribution in [3.8, 4) is 23.2 Å². The lowest BCUT2D eigenvalue weighted by Crippen LogP contribution is -2.28. The molecular formula is C23H28FN5O4. The normalized spacial score (nSPS) is 13.7. The van der Waals surface area contributed by atoms with Crippen molar-refractivity contribution in [2.75, 3.05) is 20.3 Å². The summed E-state index contributed by atoms with van der Waals surface area (Å²) in [5.41, 5.74) is 2.65. The highest BCUT2D eigenvalue weighted by atomic mass is 19.1. The molecule has 1 saturated carbocycles. The summed E-state index contributed by atoms with van der Waals surface area (Å²) < 4.78 is 19.2. The molecule has 33 heavy (non-hydrogen) atoms. The number of carbonyl (C=O) groups excluding carboxylic acids is 1. The predicted octanol–water partition coefficient (Wildman–Crippen LogP) is 3.11. The van der Waals surface area contributed by atoms with Gasteiger partial charge in [0.2, 0.25) is 0 Å². The molecule has 10 heteroatoms. The number of hydrogen-bond donors (Lipinski definition) is 1. The van der Waals surface area contributed by atoms with Gasteiger partial charge < -0.3 is 14.7 Å². The van der Waals surface area contributed by atoms with Gasteiger partial charge in [0.05, 0.1) is 24.5 Å². The van der Waals surface area contributed by atoms with E-state index in [2.05, 4.69) is 27.1 Å². The molecule has 0 saturated heterocycles. The number of rotatable bonds is 9.